The van der Waals surface area contributed by atoms with Crippen LogP contribution < -0.4 is 10.5 Å². The van der Waals surface area contributed by atoms with Gasteiger partial charge in [-0.1, -0.05) is 6.07 Å². The van der Waals surface area contributed by atoms with Crippen LogP contribution >= 0.6 is 0 Å². The highest BCUT2D eigenvalue weighted by Crippen LogP contribution is 2.19. The normalized spacial score (nSPS) is 9.94. The van der Waals surface area contributed by atoms with E-state index in [1.165, 1.54) is 0 Å². The minimum atomic E-state index is -0.397. The molecule has 4 nitrogen and oxygen atoms in total. The number of esters is 1. The van der Waals surface area contributed by atoms with Crippen LogP contribution in [0.3, 0.4) is 0 Å². The van der Waals surface area contributed by atoms with Crippen molar-refractivity contribution in [1.82, 2.24) is 0 Å². The Kier molecular flexibility index (Phi) is 4.79. The maximum atomic E-state index is 10.9. The van der Waals surface area contributed by atoms with E-state index in [4.69, 9.17) is 15.2 Å². The quantitative estimate of drug-likeness (QED) is 0.766. The summed E-state index contributed by atoms with van der Waals surface area (Å²) in [6.45, 7) is 4.71. The molecule has 0 amide bonds. The molecular weight excluding hydrogens is 206 g/mol. The first kappa shape index (κ1) is 12.5. The molecule has 0 aliphatic heterocycles. The van der Waals surface area contributed by atoms with E-state index in [0.29, 0.717) is 6.61 Å². The molecule has 2 N–H and O–H groups in total. The van der Waals surface area contributed by atoms with Gasteiger partial charge in [-0.25, -0.2) is 0 Å². The van der Waals surface area contributed by atoms with E-state index in [2.05, 4.69) is 0 Å². The van der Waals surface area contributed by atoms with Crippen LogP contribution in [-0.4, -0.2) is 19.1 Å². The summed E-state index contributed by atoms with van der Waals surface area (Å²) >= 11 is 0. The molecular formula is C12H17NO3. The third-order valence-corrected chi connectivity index (χ3v) is 2.11. The highest BCUT2D eigenvalue weighted by Gasteiger charge is 2.03. The van der Waals surface area contributed by atoms with Crippen molar-refractivity contribution in [2.75, 3.05) is 13.2 Å². The Bertz CT molecular complexity index is 363. The van der Waals surface area contributed by atoms with Gasteiger partial charge in [-0.3, -0.25) is 4.79 Å². The fourth-order valence-electron chi connectivity index (χ4n) is 1.34. The van der Waals surface area contributed by atoms with Gasteiger partial charge in [0.15, 0.2) is 0 Å². The first-order valence-electron chi connectivity index (χ1n) is 5.25. The lowest BCUT2D eigenvalue weighted by atomic mass is 10.1. The average Bonchev–Trinajstić information content (AvgIpc) is 2.29. The summed E-state index contributed by atoms with van der Waals surface area (Å²) in [5.41, 5.74) is 7.10. The van der Waals surface area contributed by atoms with Crippen molar-refractivity contribution < 1.29 is 14.3 Å². The van der Waals surface area contributed by atoms with Gasteiger partial charge in [-0.15, -0.1) is 0 Å². The summed E-state index contributed by atoms with van der Waals surface area (Å²) < 4.78 is 10.3. The van der Waals surface area contributed by atoms with Gasteiger partial charge in [-0.05, 0) is 37.1 Å². The molecule has 88 valence electrons. The molecule has 0 aromatic heterocycles. The molecule has 1 aromatic carbocycles. The predicted octanol–water partition coefficient (Wildman–Crippen LogP) is 1.40. The first-order chi connectivity index (χ1) is 7.67. The molecule has 0 heterocycles. The number of benzene rings is 1. The second-order valence-corrected chi connectivity index (χ2v) is 3.40. The number of hydrogen-bond acceptors (Lipinski definition) is 4. The molecule has 0 unspecified atom stereocenters. The molecule has 0 aliphatic rings. The lowest BCUT2D eigenvalue weighted by Gasteiger charge is -2.09. The summed E-state index contributed by atoms with van der Waals surface area (Å²) in [6.07, 6.45) is 0. The number of ether oxygens (including phenoxy) is 2. The second kappa shape index (κ2) is 6.12. The average molecular weight is 223 g/mol. The van der Waals surface area contributed by atoms with Gasteiger partial charge in [0.25, 0.3) is 0 Å². The SMILES string of the molecule is CCOc1ccc(COC(=O)CN)cc1C. The van der Waals surface area contributed by atoms with Crippen LogP contribution in [0.1, 0.15) is 18.1 Å². The Morgan fingerprint density at radius 2 is 2.19 bits per heavy atom. The standard InChI is InChI=1S/C12H17NO3/c1-3-15-11-5-4-10(6-9(11)2)8-16-12(14)7-13/h4-6H,3,7-8,13H2,1-2H3. The fourth-order valence-corrected chi connectivity index (χ4v) is 1.34. The molecule has 0 saturated carbocycles. The molecule has 0 spiro atoms. The monoisotopic (exact) mass is 223 g/mol. The maximum absolute atomic E-state index is 10.9. The van der Waals surface area contributed by atoms with E-state index in [1.807, 2.05) is 32.0 Å². The second-order valence-electron chi connectivity index (χ2n) is 3.40. The Morgan fingerprint density at radius 1 is 1.44 bits per heavy atom. The maximum Gasteiger partial charge on any atom is 0.320 e. The van der Waals surface area contributed by atoms with Gasteiger partial charge in [0.2, 0.25) is 0 Å². The van der Waals surface area contributed by atoms with Crippen LogP contribution in [0.25, 0.3) is 0 Å². The number of carbonyl (C=O) groups is 1. The Labute approximate surface area is 95.3 Å². The van der Waals surface area contributed by atoms with E-state index in [9.17, 15) is 4.79 Å². The van der Waals surface area contributed by atoms with Crippen LogP contribution in [0.4, 0.5) is 0 Å². The van der Waals surface area contributed by atoms with Crippen LogP contribution in [0.2, 0.25) is 0 Å². The largest absolute Gasteiger partial charge is 0.494 e. The minimum absolute atomic E-state index is 0.0873. The minimum Gasteiger partial charge on any atom is -0.494 e. The highest BCUT2D eigenvalue weighted by atomic mass is 16.5. The van der Waals surface area contributed by atoms with Crippen LogP contribution in [0, 0.1) is 6.92 Å². The van der Waals surface area contributed by atoms with Crippen molar-refractivity contribution >= 4 is 5.97 Å². The fraction of sp³-hybridized carbons (Fsp3) is 0.417. The van der Waals surface area contributed by atoms with Crippen molar-refractivity contribution in [3.8, 4) is 5.75 Å². The predicted molar refractivity (Wildman–Crippen MR) is 61.2 cm³/mol. The zero-order valence-electron chi connectivity index (χ0n) is 9.66. The van der Waals surface area contributed by atoms with Gasteiger partial charge in [0.05, 0.1) is 13.2 Å². The molecule has 0 saturated heterocycles. The summed E-state index contributed by atoms with van der Waals surface area (Å²) in [6, 6.07) is 5.70. The van der Waals surface area contributed by atoms with Crippen molar-refractivity contribution in [1.29, 1.82) is 0 Å². The third-order valence-electron chi connectivity index (χ3n) is 2.11. The van der Waals surface area contributed by atoms with Gasteiger partial charge >= 0.3 is 5.97 Å². The number of aryl methyl sites for hydroxylation is 1. The third kappa shape index (κ3) is 3.55. The zero-order chi connectivity index (χ0) is 12.0. The Balaban J connectivity index is 2.62. The number of nitrogens with two attached hydrogens (primary N) is 1. The smallest absolute Gasteiger partial charge is 0.320 e. The van der Waals surface area contributed by atoms with Gasteiger partial charge in [0, 0.05) is 0 Å². The van der Waals surface area contributed by atoms with Crippen LogP contribution in [0.5, 0.6) is 5.75 Å². The topological polar surface area (TPSA) is 61.5 Å². The molecule has 1 rings (SSSR count). The summed E-state index contributed by atoms with van der Waals surface area (Å²) in [7, 11) is 0. The lowest BCUT2D eigenvalue weighted by Crippen LogP contribution is -2.16. The van der Waals surface area contributed by atoms with Crippen molar-refractivity contribution in [2.24, 2.45) is 5.73 Å². The highest BCUT2D eigenvalue weighted by molar-refractivity contribution is 5.71. The first-order valence-corrected chi connectivity index (χ1v) is 5.25. The molecule has 0 fully saturated rings. The molecule has 4 heteroatoms. The number of hydrogen-bond donors (Lipinski definition) is 1. The summed E-state index contributed by atoms with van der Waals surface area (Å²) in [5.74, 6) is 0.461. The van der Waals surface area contributed by atoms with E-state index >= 15 is 0 Å². The van der Waals surface area contributed by atoms with E-state index < -0.39 is 5.97 Å². The molecule has 1 aromatic rings. The molecule has 0 aliphatic carbocycles. The Hall–Kier alpha value is -1.55. The van der Waals surface area contributed by atoms with Gasteiger partial charge in [0.1, 0.15) is 12.4 Å². The van der Waals surface area contributed by atoms with E-state index in [1.54, 1.807) is 0 Å². The van der Waals surface area contributed by atoms with Crippen molar-refractivity contribution in [3.05, 3.63) is 29.3 Å². The van der Waals surface area contributed by atoms with Crippen molar-refractivity contribution in [2.45, 2.75) is 20.5 Å². The summed E-state index contributed by atoms with van der Waals surface area (Å²) in [5, 5.41) is 0. The lowest BCUT2D eigenvalue weighted by molar-refractivity contribution is -0.143. The molecule has 0 radical (unpaired) electrons. The summed E-state index contributed by atoms with van der Waals surface area (Å²) in [4.78, 5) is 10.9. The molecule has 0 bridgehead atoms. The van der Waals surface area contributed by atoms with Crippen molar-refractivity contribution in [3.63, 3.8) is 0 Å². The van der Waals surface area contributed by atoms with E-state index in [-0.39, 0.29) is 13.2 Å². The van der Waals surface area contributed by atoms with Gasteiger partial charge < -0.3 is 15.2 Å². The molecule has 16 heavy (non-hydrogen) atoms. The van der Waals surface area contributed by atoms with Gasteiger partial charge in [-0.2, -0.15) is 0 Å². The van der Waals surface area contributed by atoms with Crippen LogP contribution in [-0.2, 0) is 16.1 Å². The Morgan fingerprint density at radius 3 is 2.75 bits per heavy atom. The number of carbonyl (C=O) groups excluding carboxylic acids is 1. The number of rotatable bonds is 5. The van der Waals surface area contributed by atoms with E-state index in [0.717, 1.165) is 16.9 Å². The zero-order valence-corrected chi connectivity index (χ0v) is 9.66. The van der Waals surface area contributed by atoms with Crippen LogP contribution in [0.15, 0.2) is 18.2 Å². The molecule has 0 atom stereocenters.